The highest BCUT2D eigenvalue weighted by molar-refractivity contribution is 5.99. The normalized spacial score (nSPS) is 10.8. The number of pyridine rings is 1. The summed E-state index contributed by atoms with van der Waals surface area (Å²) >= 11 is 0. The number of nitrogens with one attached hydrogen (secondary N) is 1. The Balaban J connectivity index is 2.33. The summed E-state index contributed by atoms with van der Waals surface area (Å²) in [6.45, 7) is 0. The minimum absolute atomic E-state index is 0.465. The Morgan fingerprint density at radius 3 is 2.88 bits per heavy atom. The number of anilines is 1. The van der Waals surface area contributed by atoms with Crippen LogP contribution in [0, 0.1) is 0 Å². The van der Waals surface area contributed by atoms with Crippen molar-refractivity contribution in [2.75, 3.05) is 5.73 Å². The van der Waals surface area contributed by atoms with E-state index in [4.69, 9.17) is 5.73 Å². The molecule has 16 heavy (non-hydrogen) atoms. The zero-order chi connectivity index (χ0) is 11.0. The van der Waals surface area contributed by atoms with E-state index in [2.05, 4.69) is 19.9 Å². The van der Waals surface area contributed by atoms with Crippen LogP contribution in [0.2, 0.25) is 0 Å². The average Bonchev–Trinajstić information content (AvgIpc) is 2.75. The standard InChI is InChI=1S/C11H9N5/c12-10-9-7(8-3-1-2-4-13-8)5-14-11(9)16-6-15-10/h1-6H,(H3,12,14,15,16). The molecular formula is C11H9N5. The van der Waals surface area contributed by atoms with Crippen LogP contribution < -0.4 is 5.73 Å². The second kappa shape index (κ2) is 3.30. The fourth-order valence-electron chi connectivity index (χ4n) is 1.71. The van der Waals surface area contributed by atoms with Gasteiger partial charge in [0.05, 0.1) is 11.1 Å². The van der Waals surface area contributed by atoms with E-state index in [9.17, 15) is 0 Å². The lowest BCUT2D eigenvalue weighted by Crippen LogP contribution is -1.92. The molecule has 3 heterocycles. The first-order chi connectivity index (χ1) is 7.86. The number of rotatable bonds is 1. The van der Waals surface area contributed by atoms with Gasteiger partial charge in [0.2, 0.25) is 0 Å². The lowest BCUT2D eigenvalue weighted by molar-refractivity contribution is 1.21. The van der Waals surface area contributed by atoms with E-state index in [0.29, 0.717) is 5.82 Å². The van der Waals surface area contributed by atoms with E-state index in [1.807, 2.05) is 24.4 Å². The van der Waals surface area contributed by atoms with Gasteiger partial charge in [0, 0.05) is 18.0 Å². The van der Waals surface area contributed by atoms with E-state index in [0.717, 1.165) is 22.3 Å². The second-order valence-electron chi connectivity index (χ2n) is 3.40. The summed E-state index contributed by atoms with van der Waals surface area (Å²) in [6, 6.07) is 5.73. The number of fused-ring (bicyclic) bond motifs is 1. The molecule has 3 aromatic heterocycles. The van der Waals surface area contributed by atoms with Crippen molar-refractivity contribution in [3.63, 3.8) is 0 Å². The lowest BCUT2D eigenvalue weighted by Gasteiger charge is -1.99. The van der Waals surface area contributed by atoms with Crippen LogP contribution >= 0.6 is 0 Å². The summed E-state index contributed by atoms with van der Waals surface area (Å²) in [6.07, 6.45) is 5.03. The van der Waals surface area contributed by atoms with Crippen molar-refractivity contribution in [1.29, 1.82) is 0 Å². The van der Waals surface area contributed by atoms with Crippen molar-refractivity contribution in [2.24, 2.45) is 0 Å². The number of nitrogens with two attached hydrogens (primary N) is 1. The van der Waals surface area contributed by atoms with Gasteiger partial charge in [-0.2, -0.15) is 0 Å². The summed E-state index contributed by atoms with van der Waals surface area (Å²) in [7, 11) is 0. The molecule has 3 aromatic rings. The first-order valence-electron chi connectivity index (χ1n) is 4.85. The topological polar surface area (TPSA) is 80.5 Å². The minimum Gasteiger partial charge on any atom is -0.383 e. The number of aromatic amines is 1. The van der Waals surface area contributed by atoms with Crippen molar-refractivity contribution < 1.29 is 0 Å². The Bertz CT molecular complexity index is 629. The molecule has 0 saturated carbocycles. The molecule has 5 nitrogen and oxygen atoms in total. The first-order valence-corrected chi connectivity index (χ1v) is 4.85. The van der Waals surface area contributed by atoms with Gasteiger partial charge in [0.1, 0.15) is 17.8 Å². The molecule has 0 aliphatic rings. The van der Waals surface area contributed by atoms with Gasteiger partial charge >= 0.3 is 0 Å². The van der Waals surface area contributed by atoms with E-state index >= 15 is 0 Å². The van der Waals surface area contributed by atoms with Crippen molar-refractivity contribution in [2.45, 2.75) is 0 Å². The molecule has 0 fully saturated rings. The predicted molar refractivity (Wildman–Crippen MR) is 61.5 cm³/mol. The Hall–Kier alpha value is -2.43. The van der Waals surface area contributed by atoms with E-state index in [1.54, 1.807) is 6.20 Å². The molecule has 0 atom stereocenters. The first kappa shape index (κ1) is 8.84. The molecular weight excluding hydrogens is 202 g/mol. The molecule has 3 N–H and O–H groups in total. The van der Waals surface area contributed by atoms with Crippen LogP contribution in [0.4, 0.5) is 5.82 Å². The van der Waals surface area contributed by atoms with E-state index in [1.165, 1.54) is 6.33 Å². The number of nitrogen functional groups attached to an aromatic ring is 1. The van der Waals surface area contributed by atoms with Crippen LogP contribution in [0.1, 0.15) is 0 Å². The van der Waals surface area contributed by atoms with Crippen LogP contribution in [-0.2, 0) is 0 Å². The molecule has 5 heteroatoms. The maximum atomic E-state index is 5.84. The third kappa shape index (κ3) is 1.22. The Morgan fingerprint density at radius 1 is 1.12 bits per heavy atom. The fraction of sp³-hybridized carbons (Fsp3) is 0. The third-order valence-corrected chi connectivity index (χ3v) is 2.44. The fourth-order valence-corrected chi connectivity index (χ4v) is 1.71. The largest absolute Gasteiger partial charge is 0.383 e. The molecule has 0 aliphatic carbocycles. The van der Waals surface area contributed by atoms with E-state index < -0.39 is 0 Å². The Kier molecular flexibility index (Phi) is 1.83. The number of hydrogen-bond acceptors (Lipinski definition) is 4. The van der Waals surface area contributed by atoms with Crippen molar-refractivity contribution in [3.05, 3.63) is 36.9 Å². The molecule has 0 saturated heterocycles. The SMILES string of the molecule is Nc1ncnc2[nH]cc(-c3ccccn3)c12. The zero-order valence-corrected chi connectivity index (χ0v) is 8.38. The quantitative estimate of drug-likeness (QED) is 0.640. The molecule has 0 bridgehead atoms. The van der Waals surface area contributed by atoms with Crippen LogP contribution in [0.3, 0.4) is 0 Å². The molecule has 0 radical (unpaired) electrons. The molecule has 0 aliphatic heterocycles. The van der Waals surface area contributed by atoms with Crippen LogP contribution in [-0.4, -0.2) is 19.9 Å². The van der Waals surface area contributed by atoms with Gasteiger partial charge in [0.25, 0.3) is 0 Å². The number of aromatic nitrogens is 4. The highest BCUT2D eigenvalue weighted by atomic mass is 15.0. The smallest absolute Gasteiger partial charge is 0.143 e. The molecule has 3 rings (SSSR count). The number of H-pyrrole nitrogens is 1. The molecule has 0 spiro atoms. The van der Waals surface area contributed by atoms with Crippen molar-refractivity contribution in [3.8, 4) is 11.3 Å². The van der Waals surface area contributed by atoms with Gasteiger partial charge in [-0.25, -0.2) is 9.97 Å². The van der Waals surface area contributed by atoms with Gasteiger partial charge in [-0.1, -0.05) is 6.07 Å². The number of hydrogen-bond donors (Lipinski definition) is 2. The molecule has 0 aromatic carbocycles. The highest BCUT2D eigenvalue weighted by Gasteiger charge is 2.10. The van der Waals surface area contributed by atoms with Gasteiger partial charge in [-0.3, -0.25) is 4.98 Å². The van der Waals surface area contributed by atoms with Gasteiger partial charge in [-0.05, 0) is 12.1 Å². The number of nitrogens with zero attached hydrogens (tertiary/aromatic N) is 3. The van der Waals surface area contributed by atoms with Crippen molar-refractivity contribution >= 4 is 16.9 Å². The van der Waals surface area contributed by atoms with Gasteiger partial charge in [0.15, 0.2) is 0 Å². The monoisotopic (exact) mass is 211 g/mol. The van der Waals surface area contributed by atoms with Crippen LogP contribution in [0.25, 0.3) is 22.3 Å². The molecule has 0 unspecified atom stereocenters. The Morgan fingerprint density at radius 2 is 2.06 bits per heavy atom. The van der Waals surface area contributed by atoms with Crippen molar-refractivity contribution in [1.82, 2.24) is 19.9 Å². The lowest BCUT2D eigenvalue weighted by atomic mass is 10.1. The minimum atomic E-state index is 0.465. The predicted octanol–water partition coefficient (Wildman–Crippen LogP) is 1.60. The summed E-state index contributed by atoms with van der Waals surface area (Å²) in [5, 5.41) is 0.821. The summed E-state index contributed by atoms with van der Waals surface area (Å²) < 4.78 is 0. The van der Waals surface area contributed by atoms with Gasteiger partial charge in [-0.15, -0.1) is 0 Å². The maximum absolute atomic E-state index is 5.84. The Labute approximate surface area is 91.4 Å². The highest BCUT2D eigenvalue weighted by Crippen LogP contribution is 2.28. The maximum Gasteiger partial charge on any atom is 0.143 e. The second-order valence-corrected chi connectivity index (χ2v) is 3.40. The third-order valence-electron chi connectivity index (χ3n) is 2.44. The summed E-state index contributed by atoms with van der Waals surface area (Å²) in [5.41, 5.74) is 8.35. The van der Waals surface area contributed by atoms with E-state index in [-0.39, 0.29) is 0 Å². The molecule has 78 valence electrons. The average molecular weight is 211 g/mol. The van der Waals surface area contributed by atoms with Crippen LogP contribution in [0.15, 0.2) is 36.9 Å². The zero-order valence-electron chi connectivity index (χ0n) is 8.38. The van der Waals surface area contributed by atoms with Gasteiger partial charge < -0.3 is 10.7 Å². The van der Waals surface area contributed by atoms with Crippen LogP contribution in [0.5, 0.6) is 0 Å². The summed E-state index contributed by atoms with van der Waals surface area (Å²) in [5.74, 6) is 0.465. The summed E-state index contributed by atoms with van der Waals surface area (Å²) in [4.78, 5) is 15.4. The molecule has 0 amide bonds.